The van der Waals surface area contributed by atoms with Gasteiger partial charge in [-0.25, -0.2) is 0 Å². The van der Waals surface area contributed by atoms with Gasteiger partial charge < -0.3 is 24.6 Å². The Hall–Kier alpha value is -1.30. The first-order valence-corrected chi connectivity index (χ1v) is 6.29. The third-order valence-electron chi connectivity index (χ3n) is 2.98. The maximum absolute atomic E-state index is 9.37. The Morgan fingerprint density at radius 3 is 2.58 bits per heavy atom. The molecule has 0 amide bonds. The van der Waals surface area contributed by atoms with Crippen molar-refractivity contribution in [1.82, 2.24) is 4.90 Å². The second-order valence-corrected chi connectivity index (χ2v) is 4.53. The van der Waals surface area contributed by atoms with Gasteiger partial charge in [0, 0.05) is 13.1 Å². The topological polar surface area (TPSA) is 62.2 Å². The molecule has 1 aromatic rings. The fourth-order valence-corrected chi connectivity index (χ4v) is 1.90. The first-order chi connectivity index (χ1) is 9.10. The van der Waals surface area contributed by atoms with E-state index < -0.39 is 6.10 Å². The molecule has 5 nitrogen and oxygen atoms in total. The van der Waals surface area contributed by atoms with E-state index in [0.717, 1.165) is 30.0 Å². The van der Waals surface area contributed by atoms with E-state index >= 15 is 0 Å². The van der Waals surface area contributed by atoms with Gasteiger partial charge in [0.05, 0.1) is 26.9 Å². The zero-order valence-corrected chi connectivity index (χ0v) is 11.8. The van der Waals surface area contributed by atoms with Gasteiger partial charge in [0.15, 0.2) is 0 Å². The number of rotatable bonds is 8. The normalized spacial score (nSPS) is 12.5. The van der Waals surface area contributed by atoms with Crippen molar-refractivity contribution >= 4 is 0 Å². The summed E-state index contributed by atoms with van der Waals surface area (Å²) in [7, 11) is 5.19. The summed E-state index contributed by atoms with van der Waals surface area (Å²) in [4.78, 5) is 1.97. The van der Waals surface area contributed by atoms with Crippen molar-refractivity contribution in [2.45, 2.75) is 12.5 Å². The lowest BCUT2D eigenvalue weighted by atomic mass is 10.1. The molecule has 0 heterocycles. The van der Waals surface area contributed by atoms with Gasteiger partial charge in [-0.15, -0.1) is 0 Å². The Kier molecular flexibility index (Phi) is 6.62. The van der Waals surface area contributed by atoms with E-state index in [1.165, 1.54) is 0 Å². The first-order valence-electron chi connectivity index (χ1n) is 6.29. The molecule has 0 radical (unpaired) electrons. The molecule has 0 aliphatic rings. The number of likely N-dealkylation sites (N-methyl/N-ethyl adjacent to an activating group) is 1. The number of aliphatic hydroxyl groups excluding tert-OH is 2. The molecule has 0 spiro atoms. The Morgan fingerprint density at radius 1 is 1.26 bits per heavy atom. The third-order valence-corrected chi connectivity index (χ3v) is 2.98. The number of hydrogen-bond donors (Lipinski definition) is 2. The summed E-state index contributed by atoms with van der Waals surface area (Å²) in [6, 6.07) is 5.70. The molecule has 0 saturated carbocycles. The summed E-state index contributed by atoms with van der Waals surface area (Å²) >= 11 is 0. The standard InChI is InChI=1S/C14H23NO4/c1-15(9-12(17)10-16)7-6-11-8-13(18-2)4-5-14(11)19-3/h4-5,8,12,16-17H,6-7,9-10H2,1-3H3. The van der Waals surface area contributed by atoms with Crippen LogP contribution in [-0.4, -0.2) is 62.2 Å². The Balaban J connectivity index is 2.60. The molecule has 1 aromatic carbocycles. The molecule has 1 unspecified atom stereocenters. The number of hydrogen-bond acceptors (Lipinski definition) is 5. The van der Waals surface area contributed by atoms with Crippen LogP contribution < -0.4 is 9.47 Å². The van der Waals surface area contributed by atoms with Crippen LogP contribution in [0.1, 0.15) is 5.56 Å². The molecule has 2 N–H and O–H groups in total. The van der Waals surface area contributed by atoms with Gasteiger partial charge in [0.2, 0.25) is 0 Å². The Bertz CT molecular complexity index is 384. The lowest BCUT2D eigenvalue weighted by molar-refractivity contribution is 0.0669. The van der Waals surface area contributed by atoms with Crippen LogP contribution >= 0.6 is 0 Å². The minimum Gasteiger partial charge on any atom is -0.497 e. The molecular formula is C14H23NO4. The molecule has 0 bridgehead atoms. The van der Waals surface area contributed by atoms with Crippen molar-refractivity contribution in [3.63, 3.8) is 0 Å². The number of aliphatic hydroxyl groups is 2. The predicted octanol–water partition coefficient (Wildman–Crippen LogP) is 0.531. The van der Waals surface area contributed by atoms with E-state index in [2.05, 4.69) is 0 Å². The van der Waals surface area contributed by atoms with Gasteiger partial charge in [-0.05, 0) is 37.2 Å². The quantitative estimate of drug-likeness (QED) is 0.721. The predicted molar refractivity (Wildman–Crippen MR) is 73.8 cm³/mol. The first kappa shape index (κ1) is 15.8. The van der Waals surface area contributed by atoms with Crippen LogP contribution in [0.25, 0.3) is 0 Å². The van der Waals surface area contributed by atoms with E-state index in [-0.39, 0.29) is 6.61 Å². The van der Waals surface area contributed by atoms with Crippen molar-refractivity contribution in [2.24, 2.45) is 0 Å². The van der Waals surface area contributed by atoms with Gasteiger partial charge in [0.1, 0.15) is 11.5 Å². The smallest absolute Gasteiger partial charge is 0.122 e. The van der Waals surface area contributed by atoms with Crippen LogP contribution in [0.2, 0.25) is 0 Å². The SMILES string of the molecule is COc1ccc(OC)c(CCN(C)CC(O)CO)c1. The van der Waals surface area contributed by atoms with Crippen LogP contribution in [-0.2, 0) is 6.42 Å². The van der Waals surface area contributed by atoms with Crippen LogP contribution in [0.3, 0.4) is 0 Å². The lowest BCUT2D eigenvalue weighted by Crippen LogP contribution is -2.32. The molecule has 0 aromatic heterocycles. The van der Waals surface area contributed by atoms with Crippen molar-refractivity contribution in [1.29, 1.82) is 0 Å². The van der Waals surface area contributed by atoms with E-state index in [4.69, 9.17) is 14.6 Å². The monoisotopic (exact) mass is 269 g/mol. The largest absolute Gasteiger partial charge is 0.497 e. The fraction of sp³-hybridized carbons (Fsp3) is 0.571. The fourth-order valence-electron chi connectivity index (χ4n) is 1.90. The highest BCUT2D eigenvalue weighted by Crippen LogP contribution is 2.24. The average molecular weight is 269 g/mol. The van der Waals surface area contributed by atoms with E-state index in [9.17, 15) is 5.11 Å². The molecule has 108 valence electrons. The molecule has 1 rings (SSSR count). The Labute approximate surface area is 114 Å². The molecule has 0 aliphatic carbocycles. The lowest BCUT2D eigenvalue weighted by Gasteiger charge is -2.20. The number of ether oxygens (including phenoxy) is 2. The molecule has 19 heavy (non-hydrogen) atoms. The number of nitrogens with zero attached hydrogens (tertiary/aromatic N) is 1. The summed E-state index contributed by atoms with van der Waals surface area (Å²) in [5.74, 6) is 1.63. The summed E-state index contributed by atoms with van der Waals surface area (Å²) in [5.41, 5.74) is 1.06. The minimum atomic E-state index is -0.697. The highest BCUT2D eigenvalue weighted by Gasteiger charge is 2.09. The van der Waals surface area contributed by atoms with Crippen molar-refractivity contribution in [3.8, 4) is 11.5 Å². The number of benzene rings is 1. The van der Waals surface area contributed by atoms with E-state index in [1.54, 1.807) is 14.2 Å². The number of methoxy groups -OCH3 is 2. The van der Waals surface area contributed by atoms with Crippen molar-refractivity contribution < 1.29 is 19.7 Å². The highest BCUT2D eigenvalue weighted by atomic mass is 16.5. The maximum atomic E-state index is 9.37. The summed E-state index contributed by atoms with van der Waals surface area (Å²) < 4.78 is 10.5. The molecule has 0 aliphatic heterocycles. The minimum absolute atomic E-state index is 0.215. The van der Waals surface area contributed by atoms with Crippen LogP contribution in [0.4, 0.5) is 0 Å². The molecular weight excluding hydrogens is 246 g/mol. The highest BCUT2D eigenvalue weighted by molar-refractivity contribution is 5.40. The van der Waals surface area contributed by atoms with Crippen LogP contribution in [0.5, 0.6) is 11.5 Å². The maximum Gasteiger partial charge on any atom is 0.122 e. The van der Waals surface area contributed by atoms with E-state index in [1.807, 2.05) is 30.1 Å². The molecule has 1 atom stereocenters. The van der Waals surface area contributed by atoms with Gasteiger partial charge in [-0.1, -0.05) is 0 Å². The van der Waals surface area contributed by atoms with Gasteiger partial charge in [-0.3, -0.25) is 0 Å². The Morgan fingerprint density at radius 2 is 2.00 bits per heavy atom. The summed E-state index contributed by atoms with van der Waals surface area (Å²) in [6.07, 6.45) is 0.0897. The van der Waals surface area contributed by atoms with Crippen molar-refractivity contribution in [2.75, 3.05) is 41.0 Å². The molecule has 5 heteroatoms. The third kappa shape index (κ3) is 5.06. The molecule has 0 fully saturated rings. The van der Waals surface area contributed by atoms with Gasteiger partial charge in [0.25, 0.3) is 0 Å². The summed E-state index contributed by atoms with van der Waals surface area (Å²) in [5, 5.41) is 18.2. The second kappa shape index (κ2) is 7.99. The zero-order valence-electron chi connectivity index (χ0n) is 11.8. The molecule has 0 saturated heterocycles. The van der Waals surface area contributed by atoms with Crippen molar-refractivity contribution in [3.05, 3.63) is 23.8 Å². The van der Waals surface area contributed by atoms with Crippen LogP contribution in [0.15, 0.2) is 18.2 Å². The van der Waals surface area contributed by atoms with E-state index in [0.29, 0.717) is 6.54 Å². The zero-order chi connectivity index (χ0) is 14.3. The second-order valence-electron chi connectivity index (χ2n) is 4.53. The summed E-state index contributed by atoms with van der Waals surface area (Å²) in [6.45, 7) is 0.996. The van der Waals surface area contributed by atoms with Gasteiger partial charge in [-0.2, -0.15) is 0 Å². The average Bonchev–Trinajstić information content (AvgIpc) is 2.44. The van der Waals surface area contributed by atoms with Crippen LogP contribution in [0, 0.1) is 0 Å². The van der Waals surface area contributed by atoms with Gasteiger partial charge >= 0.3 is 0 Å².